The lowest BCUT2D eigenvalue weighted by Gasteiger charge is -2.29. The molecular formula is C32H43FO2. The van der Waals surface area contributed by atoms with Gasteiger partial charge in [0.25, 0.3) is 0 Å². The molecule has 3 heteroatoms. The van der Waals surface area contributed by atoms with Crippen LogP contribution in [0, 0.1) is 11.7 Å². The molecule has 1 aliphatic rings. The Kier molecular flexibility index (Phi) is 9.40. The zero-order valence-corrected chi connectivity index (χ0v) is 21.8. The van der Waals surface area contributed by atoms with E-state index < -0.39 is 5.63 Å². The highest BCUT2D eigenvalue weighted by molar-refractivity contribution is 6.04. The van der Waals surface area contributed by atoms with E-state index in [1.54, 1.807) is 0 Å². The third kappa shape index (κ3) is 6.35. The van der Waals surface area contributed by atoms with Crippen LogP contribution in [0.5, 0.6) is 0 Å². The number of fused-ring (bicyclic) bond motifs is 3. The van der Waals surface area contributed by atoms with Crippen LogP contribution in [0.4, 0.5) is 4.39 Å². The van der Waals surface area contributed by atoms with E-state index in [2.05, 4.69) is 13.0 Å². The van der Waals surface area contributed by atoms with E-state index >= 15 is 0 Å². The standard InChI is InChI=1S/C32H43FO2/c1-3-5-6-7-8-9-10-11-13-23-14-16-24(17-15-23)26-19-20-27-28-21-18-25(12-4-2)30(33)31(28)35-32(34)29(27)22-26/h18-24H,3-17H2,1-2H3. The van der Waals surface area contributed by atoms with Crippen molar-refractivity contribution in [2.24, 2.45) is 5.92 Å². The van der Waals surface area contributed by atoms with Gasteiger partial charge in [0.1, 0.15) is 0 Å². The molecule has 1 heterocycles. The molecule has 0 spiro atoms. The number of halogens is 1. The Bertz CT molecular complexity index is 1150. The van der Waals surface area contributed by atoms with Gasteiger partial charge in [-0.15, -0.1) is 0 Å². The largest absolute Gasteiger partial charge is 0.419 e. The summed E-state index contributed by atoms with van der Waals surface area (Å²) in [5.41, 5.74) is 1.52. The summed E-state index contributed by atoms with van der Waals surface area (Å²) >= 11 is 0. The first-order valence-electron chi connectivity index (χ1n) is 14.3. The van der Waals surface area contributed by atoms with Gasteiger partial charge < -0.3 is 4.42 Å². The first kappa shape index (κ1) is 25.9. The van der Waals surface area contributed by atoms with Crippen molar-refractivity contribution in [1.82, 2.24) is 0 Å². The highest BCUT2D eigenvalue weighted by Gasteiger charge is 2.23. The summed E-state index contributed by atoms with van der Waals surface area (Å²) in [4.78, 5) is 12.8. The van der Waals surface area contributed by atoms with E-state index in [4.69, 9.17) is 4.42 Å². The fourth-order valence-corrected chi connectivity index (χ4v) is 6.09. The van der Waals surface area contributed by atoms with Crippen LogP contribution in [-0.2, 0) is 6.42 Å². The Balaban J connectivity index is 1.35. The molecule has 0 unspecified atom stereocenters. The molecule has 1 aliphatic carbocycles. The van der Waals surface area contributed by atoms with E-state index in [-0.39, 0.29) is 11.4 Å². The van der Waals surface area contributed by atoms with Crippen LogP contribution in [0.2, 0.25) is 0 Å². The molecule has 1 fully saturated rings. The van der Waals surface area contributed by atoms with E-state index in [0.29, 0.717) is 28.7 Å². The fourth-order valence-electron chi connectivity index (χ4n) is 6.09. The number of rotatable bonds is 12. The minimum Gasteiger partial charge on any atom is -0.419 e. The van der Waals surface area contributed by atoms with Crippen molar-refractivity contribution in [3.63, 3.8) is 0 Å². The number of hydrogen-bond acceptors (Lipinski definition) is 2. The summed E-state index contributed by atoms with van der Waals surface area (Å²) in [6, 6.07) is 9.92. The van der Waals surface area contributed by atoms with Crippen LogP contribution in [-0.4, -0.2) is 0 Å². The minimum atomic E-state index is -0.426. The molecule has 0 saturated heterocycles. The molecule has 0 atom stereocenters. The molecule has 0 aliphatic heterocycles. The maximum atomic E-state index is 14.9. The molecule has 190 valence electrons. The predicted molar refractivity (Wildman–Crippen MR) is 146 cm³/mol. The number of hydrogen-bond donors (Lipinski definition) is 0. The second-order valence-electron chi connectivity index (χ2n) is 10.8. The second kappa shape index (κ2) is 12.7. The molecule has 0 bridgehead atoms. The maximum absolute atomic E-state index is 14.9. The lowest BCUT2D eigenvalue weighted by atomic mass is 9.76. The zero-order chi connectivity index (χ0) is 24.6. The van der Waals surface area contributed by atoms with Crippen LogP contribution in [0.3, 0.4) is 0 Å². The average Bonchev–Trinajstić information content (AvgIpc) is 2.88. The highest BCUT2D eigenvalue weighted by Crippen LogP contribution is 2.39. The SMILES string of the molecule is CCCCCCCCCCC1CCC(c2ccc3c(c2)c(=O)oc2c(F)c(CCC)ccc23)CC1. The molecule has 2 nitrogen and oxygen atoms in total. The lowest BCUT2D eigenvalue weighted by Crippen LogP contribution is -2.14. The number of unbranched alkanes of at least 4 members (excludes halogenated alkanes) is 7. The lowest BCUT2D eigenvalue weighted by molar-refractivity contribution is 0.302. The van der Waals surface area contributed by atoms with Gasteiger partial charge in [-0.1, -0.05) is 102 Å². The summed E-state index contributed by atoms with van der Waals surface area (Å²) in [6.45, 7) is 4.30. The Morgan fingerprint density at radius 1 is 0.800 bits per heavy atom. The van der Waals surface area contributed by atoms with E-state index in [9.17, 15) is 9.18 Å². The molecular weight excluding hydrogens is 435 g/mol. The Morgan fingerprint density at radius 2 is 1.49 bits per heavy atom. The number of aryl methyl sites for hydroxylation is 1. The summed E-state index contributed by atoms with van der Waals surface area (Å²) < 4.78 is 20.4. The first-order chi connectivity index (χ1) is 17.1. The highest BCUT2D eigenvalue weighted by atomic mass is 19.1. The van der Waals surface area contributed by atoms with Gasteiger partial charge in [0.15, 0.2) is 11.4 Å². The van der Waals surface area contributed by atoms with Gasteiger partial charge in [-0.2, -0.15) is 0 Å². The average molecular weight is 479 g/mol. The van der Waals surface area contributed by atoms with Gasteiger partial charge >= 0.3 is 5.63 Å². The molecule has 3 aromatic rings. The van der Waals surface area contributed by atoms with Gasteiger partial charge in [-0.05, 0) is 61.1 Å². The van der Waals surface area contributed by atoms with Crippen molar-refractivity contribution in [2.45, 2.75) is 116 Å². The van der Waals surface area contributed by atoms with Gasteiger partial charge in [0.05, 0.1) is 5.39 Å². The molecule has 35 heavy (non-hydrogen) atoms. The number of benzene rings is 2. The van der Waals surface area contributed by atoms with Crippen LogP contribution in [0.25, 0.3) is 21.7 Å². The Hall–Kier alpha value is -2.16. The summed E-state index contributed by atoms with van der Waals surface area (Å²) in [5, 5.41) is 2.07. The quantitative estimate of drug-likeness (QED) is 0.147. The predicted octanol–water partition coefficient (Wildman–Crippen LogP) is 9.84. The van der Waals surface area contributed by atoms with Gasteiger partial charge in [-0.3, -0.25) is 0 Å². The molecule has 1 aromatic heterocycles. The van der Waals surface area contributed by atoms with Crippen molar-refractivity contribution in [3.05, 3.63) is 57.7 Å². The van der Waals surface area contributed by atoms with Crippen molar-refractivity contribution >= 4 is 21.7 Å². The Morgan fingerprint density at radius 3 is 2.20 bits per heavy atom. The van der Waals surface area contributed by atoms with Crippen LogP contribution >= 0.6 is 0 Å². The van der Waals surface area contributed by atoms with Crippen molar-refractivity contribution in [1.29, 1.82) is 0 Å². The van der Waals surface area contributed by atoms with Crippen LogP contribution < -0.4 is 5.63 Å². The van der Waals surface area contributed by atoms with E-state index in [1.807, 2.05) is 31.2 Å². The monoisotopic (exact) mass is 478 g/mol. The summed E-state index contributed by atoms with van der Waals surface area (Å²) in [5.74, 6) is 0.983. The third-order valence-electron chi connectivity index (χ3n) is 8.23. The van der Waals surface area contributed by atoms with Crippen LogP contribution in [0.1, 0.15) is 121 Å². The first-order valence-corrected chi connectivity index (χ1v) is 14.3. The van der Waals surface area contributed by atoms with E-state index in [0.717, 1.165) is 17.7 Å². The minimum absolute atomic E-state index is 0.0997. The van der Waals surface area contributed by atoms with Crippen molar-refractivity contribution in [3.8, 4) is 0 Å². The molecule has 2 aromatic carbocycles. The smallest absolute Gasteiger partial charge is 0.344 e. The maximum Gasteiger partial charge on any atom is 0.344 e. The summed E-state index contributed by atoms with van der Waals surface area (Å²) in [6.07, 6.45) is 18.9. The van der Waals surface area contributed by atoms with Gasteiger partial charge in [-0.25, -0.2) is 9.18 Å². The summed E-state index contributed by atoms with van der Waals surface area (Å²) in [7, 11) is 0. The zero-order valence-electron chi connectivity index (χ0n) is 21.8. The third-order valence-corrected chi connectivity index (χ3v) is 8.23. The second-order valence-corrected chi connectivity index (χ2v) is 10.8. The Labute approximate surface area is 210 Å². The fraction of sp³-hybridized carbons (Fsp3) is 0.594. The molecule has 0 N–H and O–H groups in total. The topological polar surface area (TPSA) is 30.2 Å². The van der Waals surface area contributed by atoms with Gasteiger partial charge in [0, 0.05) is 10.8 Å². The van der Waals surface area contributed by atoms with Crippen molar-refractivity contribution in [2.75, 3.05) is 0 Å². The molecule has 1 saturated carbocycles. The van der Waals surface area contributed by atoms with Crippen LogP contribution in [0.15, 0.2) is 39.5 Å². The van der Waals surface area contributed by atoms with E-state index in [1.165, 1.54) is 89.0 Å². The van der Waals surface area contributed by atoms with Gasteiger partial charge in [0.2, 0.25) is 0 Å². The van der Waals surface area contributed by atoms with Crippen molar-refractivity contribution < 1.29 is 8.81 Å². The normalized spacial score (nSPS) is 18.5. The molecule has 0 amide bonds. The molecule has 4 rings (SSSR count). The molecule has 0 radical (unpaired) electrons.